The van der Waals surface area contributed by atoms with Crippen molar-refractivity contribution in [3.63, 3.8) is 0 Å². The summed E-state index contributed by atoms with van der Waals surface area (Å²) in [5.41, 5.74) is 1.70. The average molecular weight is 404 g/mol. The zero-order valence-electron chi connectivity index (χ0n) is 12.8. The fraction of sp³-hybridized carbons (Fsp3) is 0.125. The van der Waals surface area contributed by atoms with Gasteiger partial charge in [0.05, 0.1) is 5.75 Å². The Morgan fingerprint density at radius 2 is 1.88 bits per heavy atom. The third-order valence-corrected chi connectivity index (χ3v) is 4.78. The van der Waals surface area contributed by atoms with E-state index in [1.807, 2.05) is 48.0 Å². The van der Waals surface area contributed by atoms with Gasteiger partial charge in [-0.25, -0.2) is 0 Å². The summed E-state index contributed by atoms with van der Waals surface area (Å²) in [7, 11) is 1.88. The van der Waals surface area contributed by atoms with Crippen molar-refractivity contribution in [1.82, 2.24) is 19.7 Å². The lowest BCUT2D eigenvalue weighted by Crippen LogP contribution is -2.14. The molecule has 2 aromatic heterocycles. The topological polar surface area (TPSA) is 72.7 Å². The fourth-order valence-electron chi connectivity index (χ4n) is 2.05. The molecule has 0 saturated carbocycles. The number of halogens is 1. The third-order valence-electron chi connectivity index (χ3n) is 3.23. The van der Waals surface area contributed by atoms with Gasteiger partial charge in [0.25, 0.3) is 0 Å². The normalized spacial score (nSPS) is 10.6. The first kappa shape index (κ1) is 16.7. The van der Waals surface area contributed by atoms with Gasteiger partial charge >= 0.3 is 0 Å². The molecule has 2 heterocycles. The van der Waals surface area contributed by atoms with Crippen molar-refractivity contribution in [3.05, 3.63) is 53.3 Å². The second kappa shape index (κ2) is 7.59. The Bertz CT molecular complexity index is 835. The van der Waals surface area contributed by atoms with Crippen LogP contribution in [0.5, 0.6) is 0 Å². The number of pyridine rings is 1. The van der Waals surface area contributed by atoms with Crippen LogP contribution in [0.1, 0.15) is 0 Å². The molecule has 3 rings (SSSR count). The van der Waals surface area contributed by atoms with Gasteiger partial charge < -0.3 is 9.88 Å². The van der Waals surface area contributed by atoms with Gasteiger partial charge in [-0.1, -0.05) is 27.7 Å². The number of aromatic nitrogens is 4. The van der Waals surface area contributed by atoms with Gasteiger partial charge in [-0.05, 0) is 36.4 Å². The van der Waals surface area contributed by atoms with Gasteiger partial charge in [0.15, 0.2) is 11.0 Å². The van der Waals surface area contributed by atoms with Crippen LogP contribution in [0.15, 0.2) is 58.4 Å². The molecule has 0 spiro atoms. The van der Waals surface area contributed by atoms with E-state index in [-0.39, 0.29) is 11.7 Å². The smallest absolute Gasteiger partial charge is 0.234 e. The number of anilines is 1. The zero-order valence-corrected chi connectivity index (χ0v) is 15.2. The van der Waals surface area contributed by atoms with Gasteiger partial charge in [0.1, 0.15) is 0 Å². The molecule has 24 heavy (non-hydrogen) atoms. The van der Waals surface area contributed by atoms with Gasteiger partial charge in [-0.2, -0.15) is 0 Å². The largest absolute Gasteiger partial charge is 0.325 e. The maximum atomic E-state index is 12.0. The lowest BCUT2D eigenvalue weighted by Gasteiger charge is -2.05. The van der Waals surface area contributed by atoms with Crippen LogP contribution in [0.3, 0.4) is 0 Å². The number of nitrogens with one attached hydrogen (secondary N) is 1. The van der Waals surface area contributed by atoms with E-state index in [0.717, 1.165) is 21.5 Å². The van der Waals surface area contributed by atoms with E-state index in [9.17, 15) is 4.79 Å². The molecule has 6 nitrogen and oxygen atoms in total. The third kappa shape index (κ3) is 4.01. The number of thioether (sulfide) groups is 1. The highest BCUT2D eigenvalue weighted by Gasteiger charge is 2.12. The number of rotatable bonds is 5. The van der Waals surface area contributed by atoms with E-state index in [2.05, 4.69) is 36.4 Å². The summed E-state index contributed by atoms with van der Waals surface area (Å²) in [6.45, 7) is 0. The molecule has 0 bridgehead atoms. The Kier molecular flexibility index (Phi) is 5.27. The maximum absolute atomic E-state index is 12.0. The fourth-order valence-corrected chi connectivity index (χ4v) is 3.03. The molecule has 1 N–H and O–H groups in total. The molecule has 0 saturated heterocycles. The molecule has 1 aromatic carbocycles. The number of hydrogen-bond donors (Lipinski definition) is 1. The van der Waals surface area contributed by atoms with Crippen molar-refractivity contribution in [1.29, 1.82) is 0 Å². The highest BCUT2D eigenvalue weighted by molar-refractivity contribution is 9.10. The number of benzene rings is 1. The van der Waals surface area contributed by atoms with Crippen LogP contribution in [0.2, 0.25) is 0 Å². The van der Waals surface area contributed by atoms with Crippen LogP contribution < -0.4 is 5.32 Å². The molecular formula is C16H14BrN5OS. The van der Waals surface area contributed by atoms with Gasteiger partial charge in [0.2, 0.25) is 5.91 Å². The predicted octanol–water partition coefficient (Wildman–Crippen LogP) is 3.37. The molecule has 0 unspecified atom stereocenters. The molecule has 0 aliphatic heterocycles. The Balaban J connectivity index is 1.62. The first-order chi connectivity index (χ1) is 11.6. The standard InChI is InChI=1S/C16H14BrN5OS/c1-22-15(11-6-8-18-9-7-11)20-21-16(22)24-10-14(23)19-13-4-2-12(17)3-5-13/h2-9H,10H2,1H3,(H,19,23). The minimum absolute atomic E-state index is 0.0872. The maximum Gasteiger partial charge on any atom is 0.234 e. The number of nitrogens with zero attached hydrogens (tertiary/aromatic N) is 4. The Morgan fingerprint density at radius 1 is 1.17 bits per heavy atom. The van der Waals surface area contributed by atoms with Crippen LogP contribution in [0.25, 0.3) is 11.4 Å². The molecule has 0 aliphatic carbocycles. The summed E-state index contributed by atoms with van der Waals surface area (Å²) in [6.07, 6.45) is 3.42. The van der Waals surface area contributed by atoms with E-state index in [0.29, 0.717) is 5.16 Å². The van der Waals surface area contributed by atoms with Crippen LogP contribution in [-0.2, 0) is 11.8 Å². The molecular weight excluding hydrogens is 390 g/mol. The lowest BCUT2D eigenvalue weighted by atomic mass is 10.2. The van der Waals surface area contributed by atoms with Gasteiger partial charge in [-0.3, -0.25) is 9.78 Å². The zero-order chi connectivity index (χ0) is 16.9. The summed E-state index contributed by atoms with van der Waals surface area (Å²) in [5.74, 6) is 0.919. The summed E-state index contributed by atoms with van der Waals surface area (Å²) < 4.78 is 2.84. The van der Waals surface area contributed by atoms with Crippen molar-refractivity contribution < 1.29 is 4.79 Å². The van der Waals surface area contributed by atoms with E-state index < -0.39 is 0 Å². The second-order valence-corrected chi connectivity index (χ2v) is 6.80. The van der Waals surface area contributed by atoms with Crippen LogP contribution in [-0.4, -0.2) is 31.4 Å². The molecule has 8 heteroatoms. The minimum Gasteiger partial charge on any atom is -0.325 e. The summed E-state index contributed by atoms with van der Waals surface area (Å²) in [5, 5.41) is 11.9. The average Bonchev–Trinajstić information content (AvgIpc) is 2.97. The summed E-state index contributed by atoms with van der Waals surface area (Å²) >= 11 is 4.71. The van der Waals surface area contributed by atoms with E-state index in [1.165, 1.54) is 11.8 Å². The van der Waals surface area contributed by atoms with Crippen molar-refractivity contribution in [3.8, 4) is 11.4 Å². The predicted molar refractivity (Wildman–Crippen MR) is 97.7 cm³/mol. The van der Waals surface area contributed by atoms with Crippen molar-refractivity contribution in [2.24, 2.45) is 7.05 Å². The Labute approximate surface area is 151 Å². The monoisotopic (exact) mass is 403 g/mol. The van der Waals surface area contributed by atoms with Crippen LogP contribution in [0.4, 0.5) is 5.69 Å². The molecule has 0 aliphatic rings. The Morgan fingerprint density at radius 3 is 2.58 bits per heavy atom. The highest BCUT2D eigenvalue weighted by Crippen LogP contribution is 2.22. The summed E-state index contributed by atoms with van der Waals surface area (Å²) in [6, 6.07) is 11.2. The van der Waals surface area contributed by atoms with E-state index in [1.54, 1.807) is 12.4 Å². The quantitative estimate of drug-likeness (QED) is 0.661. The van der Waals surface area contributed by atoms with Gasteiger partial charge in [0, 0.05) is 35.2 Å². The van der Waals surface area contributed by atoms with Crippen molar-refractivity contribution in [2.75, 3.05) is 11.1 Å². The number of carbonyl (C=O) groups is 1. The summed E-state index contributed by atoms with van der Waals surface area (Å²) in [4.78, 5) is 16.0. The van der Waals surface area contributed by atoms with Crippen molar-refractivity contribution >= 4 is 39.3 Å². The number of amides is 1. The minimum atomic E-state index is -0.0872. The Hall–Kier alpha value is -2.19. The van der Waals surface area contributed by atoms with Crippen LogP contribution in [0, 0.1) is 0 Å². The van der Waals surface area contributed by atoms with E-state index >= 15 is 0 Å². The molecule has 122 valence electrons. The molecule has 1 amide bonds. The molecule has 0 radical (unpaired) electrons. The molecule has 3 aromatic rings. The lowest BCUT2D eigenvalue weighted by molar-refractivity contribution is -0.113. The van der Waals surface area contributed by atoms with E-state index in [4.69, 9.17) is 0 Å². The first-order valence-corrected chi connectivity index (χ1v) is 8.89. The first-order valence-electron chi connectivity index (χ1n) is 7.11. The number of hydrogen-bond acceptors (Lipinski definition) is 5. The number of carbonyl (C=O) groups excluding carboxylic acids is 1. The molecule has 0 atom stereocenters. The highest BCUT2D eigenvalue weighted by atomic mass is 79.9. The SMILES string of the molecule is Cn1c(SCC(=O)Nc2ccc(Br)cc2)nnc1-c1ccncc1. The van der Waals surface area contributed by atoms with Crippen LogP contribution >= 0.6 is 27.7 Å². The van der Waals surface area contributed by atoms with Gasteiger partial charge in [-0.15, -0.1) is 10.2 Å². The van der Waals surface area contributed by atoms with Crippen molar-refractivity contribution in [2.45, 2.75) is 5.16 Å². The molecule has 0 fully saturated rings. The second-order valence-electron chi connectivity index (χ2n) is 4.94.